The van der Waals surface area contributed by atoms with Crippen LogP contribution in [0.4, 0.5) is 5.69 Å². The Morgan fingerprint density at radius 3 is 2.47 bits per heavy atom. The van der Waals surface area contributed by atoms with Crippen LogP contribution in [0.25, 0.3) is 0 Å². The number of carbonyl (C=O) groups is 1. The number of phenols is 1. The fourth-order valence-corrected chi connectivity index (χ4v) is 1.77. The molecule has 0 aliphatic rings. The molecule has 0 saturated carbocycles. The molecule has 0 heterocycles. The number of hydrogen-bond acceptors (Lipinski definition) is 3. The van der Waals surface area contributed by atoms with Gasteiger partial charge in [0.2, 0.25) is 5.91 Å². The van der Waals surface area contributed by atoms with Crippen LogP contribution in [-0.4, -0.2) is 24.6 Å². The molecule has 0 aromatic heterocycles. The van der Waals surface area contributed by atoms with E-state index in [0.29, 0.717) is 6.54 Å². The number of aromatic hydroxyl groups is 1. The van der Waals surface area contributed by atoms with Crippen molar-refractivity contribution >= 4 is 11.6 Å². The van der Waals surface area contributed by atoms with Crippen LogP contribution in [0, 0.1) is 5.92 Å². The highest BCUT2D eigenvalue weighted by Gasteiger charge is 2.20. The minimum absolute atomic E-state index is 0.0278. The highest BCUT2D eigenvalue weighted by Crippen LogP contribution is 2.19. The lowest BCUT2D eigenvalue weighted by Gasteiger charge is -2.22. The van der Waals surface area contributed by atoms with Crippen molar-refractivity contribution < 1.29 is 9.90 Å². The molecule has 0 fully saturated rings. The molecule has 94 valence electrons. The van der Waals surface area contributed by atoms with Crippen LogP contribution in [0.1, 0.15) is 19.8 Å². The largest absolute Gasteiger partial charge is 0.508 e. The van der Waals surface area contributed by atoms with Gasteiger partial charge in [-0.25, -0.2) is 0 Å². The molecule has 1 aromatic rings. The van der Waals surface area contributed by atoms with Crippen LogP contribution >= 0.6 is 0 Å². The quantitative estimate of drug-likeness (QED) is 0.818. The van der Waals surface area contributed by atoms with Crippen LogP contribution < -0.4 is 10.6 Å². The summed E-state index contributed by atoms with van der Waals surface area (Å²) in [6, 6.07) is 6.56. The number of rotatable bonds is 5. The Balaban J connectivity index is 2.77. The summed E-state index contributed by atoms with van der Waals surface area (Å²) in [5, 5.41) is 9.19. The van der Waals surface area contributed by atoms with Crippen molar-refractivity contribution in [2.45, 2.75) is 19.8 Å². The normalized spacial score (nSPS) is 12.2. The summed E-state index contributed by atoms with van der Waals surface area (Å²) < 4.78 is 0. The summed E-state index contributed by atoms with van der Waals surface area (Å²) in [7, 11) is 1.73. The van der Waals surface area contributed by atoms with Crippen molar-refractivity contribution in [3.8, 4) is 5.75 Å². The Morgan fingerprint density at radius 2 is 2.00 bits per heavy atom. The summed E-state index contributed by atoms with van der Waals surface area (Å²) in [4.78, 5) is 13.7. The van der Waals surface area contributed by atoms with Crippen LogP contribution in [0.2, 0.25) is 0 Å². The Kier molecular flexibility index (Phi) is 4.97. The summed E-state index contributed by atoms with van der Waals surface area (Å²) >= 11 is 0. The monoisotopic (exact) mass is 236 g/mol. The minimum Gasteiger partial charge on any atom is -0.508 e. The van der Waals surface area contributed by atoms with Crippen molar-refractivity contribution in [3.05, 3.63) is 24.3 Å². The van der Waals surface area contributed by atoms with Crippen LogP contribution in [0.3, 0.4) is 0 Å². The number of phenolic OH excluding ortho intramolecular Hbond substituents is 1. The molecule has 0 aliphatic heterocycles. The van der Waals surface area contributed by atoms with E-state index < -0.39 is 0 Å². The third-order valence-electron chi connectivity index (χ3n) is 2.84. The van der Waals surface area contributed by atoms with E-state index >= 15 is 0 Å². The van der Waals surface area contributed by atoms with E-state index in [-0.39, 0.29) is 17.6 Å². The zero-order valence-corrected chi connectivity index (χ0v) is 10.4. The van der Waals surface area contributed by atoms with Gasteiger partial charge in [-0.15, -0.1) is 0 Å². The lowest BCUT2D eigenvalue weighted by Crippen LogP contribution is -2.36. The van der Waals surface area contributed by atoms with Crippen molar-refractivity contribution in [3.63, 3.8) is 0 Å². The van der Waals surface area contributed by atoms with E-state index in [9.17, 15) is 9.90 Å². The zero-order chi connectivity index (χ0) is 12.8. The van der Waals surface area contributed by atoms with E-state index in [1.54, 1.807) is 36.2 Å². The van der Waals surface area contributed by atoms with Crippen LogP contribution in [0.5, 0.6) is 5.75 Å². The van der Waals surface area contributed by atoms with Gasteiger partial charge in [-0.3, -0.25) is 4.79 Å². The van der Waals surface area contributed by atoms with Gasteiger partial charge >= 0.3 is 0 Å². The van der Waals surface area contributed by atoms with Gasteiger partial charge in [0.1, 0.15) is 5.75 Å². The lowest BCUT2D eigenvalue weighted by atomic mass is 10.0. The van der Waals surface area contributed by atoms with Crippen molar-refractivity contribution in [1.82, 2.24) is 0 Å². The SMILES string of the molecule is CCCC(CN)C(=O)N(C)c1ccc(O)cc1. The molecule has 0 aliphatic carbocycles. The fourth-order valence-electron chi connectivity index (χ4n) is 1.77. The number of benzene rings is 1. The molecule has 0 spiro atoms. The first-order chi connectivity index (χ1) is 8.10. The maximum Gasteiger partial charge on any atom is 0.231 e. The third-order valence-corrected chi connectivity index (χ3v) is 2.84. The topological polar surface area (TPSA) is 66.6 Å². The molecule has 1 rings (SSSR count). The van der Waals surface area contributed by atoms with Gasteiger partial charge in [-0.2, -0.15) is 0 Å². The van der Waals surface area contributed by atoms with Gasteiger partial charge in [0.25, 0.3) is 0 Å². The van der Waals surface area contributed by atoms with E-state index in [2.05, 4.69) is 0 Å². The zero-order valence-electron chi connectivity index (χ0n) is 10.4. The smallest absolute Gasteiger partial charge is 0.231 e. The molecule has 0 radical (unpaired) electrons. The average Bonchev–Trinajstić information content (AvgIpc) is 2.35. The van der Waals surface area contributed by atoms with Gasteiger partial charge in [-0.1, -0.05) is 13.3 Å². The Bertz CT molecular complexity index is 362. The van der Waals surface area contributed by atoms with Gasteiger partial charge in [0.05, 0.1) is 5.92 Å². The fraction of sp³-hybridized carbons (Fsp3) is 0.462. The molecule has 3 N–H and O–H groups in total. The van der Waals surface area contributed by atoms with Crippen LogP contribution in [-0.2, 0) is 4.79 Å². The van der Waals surface area contributed by atoms with Crippen molar-refractivity contribution in [2.24, 2.45) is 11.7 Å². The Morgan fingerprint density at radius 1 is 1.41 bits per heavy atom. The van der Waals surface area contributed by atoms with Crippen molar-refractivity contribution in [2.75, 3.05) is 18.5 Å². The summed E-state index contributed by atoms with van der Waals surface area (Å²) in [6.45, 7) is 2.41. The molecule has 1 aromatic carbocycles. The molecular weight excluding hydrogens is 216 g/mol. The molecule has 0 saturated heterocycles. The predicted octanol–water partition coefficient (Wildman–Crippen LogP) is 1.73. The molecule has 0 bridgehead atoms. The van der Waals surface area contributed by atoms with E-state index in [1.807, 2.05) is 6.92 Å². The highest BCUT2D eigenvalue weighted by molar-refractivity contribution is 5.94. The maximum absolute atomic E-state index is 12.1. The third kappa shape index (κ3) is 3.46. The Hall–Kier alpha value is -1.55. The number of amides is 1. The molecule has 17 heavy (non-hydrogen) atoms. The number of nitrogens with zero attached hydrogens (tertiary/aromatic N) is 1. The second-order valence-electron chi connectivity index (χ2n) is 4.13. The van der Waals surface area contributed by atoms with E-state index in [0.717, 1.165) is 18.5 Å². The van der Waals surface area contributed by atoms with Gasteiger partial charge in [0, 0.05) is 19.3 Å². The first kappa shape index (κ1) is 13.5. The number of anilines is 1. The summed E-state index contributed by atoms with van der Waals surface area (Å²) in [5.74, 6) is 0.0948. The van der Waals surface area contributed by atoms with Gasteiger partial charge in [0.15, 0.2) is 0 Å². The number of hydrogen-bond donors (Lipinski definition) is 2. The summed E-state index contributed by atoms with van der Waals surface area (Å²) in [6.07, 6.45) is 1.74. The molecule has 1 unspecified atom stereocenters. The summed E-state index contributed by atoms with van der Waals surface area (Å²) in [5.41, 5.74) is 6.38. The first-order valence-corrected chi connectivity index (χ1v) is 5.86. The second kappa shape index (κ2) is 6.25. The molecule has 1 amide bonds. The Labute approximate surface area is 102 Å². The molecule has 4 heteroatoms. The lowest BCUT2D eigenvalue weighted by molar-refractivity contribution is -0.122. The molecular formula is C13H20N2O2. The average molecular weight is 236 g/mol. The minimum atomic E-state index is -0.126. The van der Waals surface area contributed by atoms with Crippen LogP contribution in [0.15, 0.2) is 24.3 Å². The molecule has 4 nitrogen and oxygen atoms in total. The standard InChI is InChI=1S/C13H20N2O2/c1-3-4-10(9-14)13(17)15(2)11-5-7-12(16)8-6-11/h5-8,10,16H,3-4,9,14H2,1-2H3. The maximum atomic E-state index is 12.1. The van der Waals surface area contributed by atoms with Crippen molar-refractivity contribution in [1.29, 1.82) is 0 Å². The van der Waals surface area contributed by atoms with E-state index in [4.69, 9.17) is 5.73 Å². The molecule has 1 atom stereocenters. The van der Waals surface area contributed by atoms with E-state index in [1.165, 1.54) is 0 Å². The number of carbonyl (C=O) groups excluding carboxylic acids is 1. The highest BCUT2D eigenvalue weighted by atomic mass is 16.3. The number of nitrogens with two attached hydrogens (primary N) is 1. The van der Waals surface area contributed by atoms with Gasteiger partial charge in [-0.05, 0) is 30.7 Å². The van der Waals surface area contributed by atoms with Gasteiger partial charge < -0.3 is 15.7 Å². The predicted molar refractivity (Wildman–Crippen MR) is 69.0 cm³/mol. The second-order valence-corrected chi connectivity index (χ2v) is 4.13. The first-order valence-electron chi connectivity index (χ1n) is 5.86.